The number of aromatic hydroxyl groups is 2. The Balaban J connectivity index is 1.81. The molecule has 0 saturated heterocycles. The molecule has 0 aliphatic rings. The second-order valence-corrected chi connectivity index (χ2v) is 7.90. The number of nitrogens with zero attached hydrogens (tertiary/aromatic N) is 3. The molecule has 0 aliphatic heterocycles. The Labute approximate surface area is 173 Å². The predicted molar refractivity (Wildman–Crippen MR) is 112 cm³/mol. The average Bonchev–Trinajstić information content (AvgIpc) is 3.10. The van der Waals surface area contributed by atoms with Gasteiger partial charge in [-0.15, -0.1) is 10.2 Å². The normalized spacial score (nSPS) is 11.0. The Hall–Kier alpha value is -3.00. The summed E-state index contributed by atoms with van der Waals surface area (Å²) in [6.07, 6.45) is 0. The number of carbonyl (C=O) groups excluding carboxylic acids is 1. The fraction of sp³-hybridized carbons (Fsp3) is 0.286. The SMILES string of the molecule is COc1ccc(-c2nnc(SCC(=O)c3ccc(O)c(O)c3)n2CC(C)C)cc1. The van der Waals surface area contributed by atoms with Gasteiger partial charge in [0.05, 0.1) is 12.9 Å². The van der Waals surface area contributed by atoms with Gasteiger partial charge in [0.1, 0.15) is 5.75 Å². The Morgan fingerprint density at radius 3 is 2.45 bits per heavy atom. The first-order chi connectivity index (χ1) is 13.9. The highest BCUT2D eigenvalue weighted by atomic mass is 32.2. The number of Topliss-reactive ketones (excluding diaryl/α,β-unsaturated/α-hetero) is 1. The maximum Gasteiger partial charge on any atom is 0.191 e. The monoisotopic (exact) mass is 413 g/mol. The number of phenolic OH excluding ortho intramolecular Hbond substituents is 2. The molecule has 0 saturated carbocycles. The summed E-state index contributed by atoms with van der Waals surface area (Å²) < 4.78 is 7.22. The lowest BCUT2D eigenvalue weighted by molar-refractivity contribution is 0.102. The van der Waals surface area contributed by atoms with Gasteiger partial charge in [-0.2, -0.15) is 0 Å². The van der Waals surface area contributed by atoms with Crippen molar-refractivity contribution in [1.29, 1.82) is 0 Å². The molecule has 0 atom stereocenters. The van der Waals surface area contributed by atoms with E-state index in [2.05, 4.69) is 24.0 Å². The van der Waals surface area contributed by atoms with Gasteiger partial charge in [-0.1, -0.05) is 25.6 Å². The highest BCUT2D eigenvalue weighted by Gasteiger charge is 2.18. The molecular weight excluding hydrogens is 390 g/mol. The van der Waals surface area contributed by atoms with Crippen molar-refractivity contribution in [2.45, 2.75) is 25.5 Å². The van der Waals surface area contributed by atoms with Gasteiger partial charge in [0.15, 0.2) is 28.3 Å². The van der Waals surface area contributed by atoms with E-state index in [0.29, 0.717) is 23.2 Å². The Bertz CT molecular complexity index is 1000. The molecule has 29 heavy (non-hydrogen) atoms. The van der Waals surface area contributed by atoms with Crippen molar-refractivity contribution < 1.29 is 19.7 Å². The van der Waals surface area contributed by atoms with Crippen LogP contribution < -0.4 is 4.74 Å². The summed E-state index contributed by atoms with van der Waals surface area (Å²) in [6, 6.07) is 11.7. The molecule has 7 nitrogen and oxygen atoms in total. The molecule has 1 aromatic heterocycles. The molecule has 152 valence electrons. The number of ketones is 1. The van der Waals surface area contributed by atoms with E-state index in [9.17, 15) is 15.0 Å². The van der Waals surface area contributed by atoms with E-state index in [1.165, 1.54) is 30.0 Å². The lowest BCUT2D eigenvalue weighted by atomic mass is 10.1. The van der Waals surface area contributed by atoms with Crippen molar-refractivity contribution in [3.8, 4) is 28.6 Å². The van der Waals surface area contributed by atoms with Gasteiger partial charge >= 0.3 is 0 Å². The second kappa shape index (κ2) is 9.00. The minimum atomic E-state index is -0.314. The van der Waals surface area contributed by atoms with Crippen LogP contribution >= 0.6 is 11.8 Å². The van der Waals surface area contributed by atoms with Gasteiger partial charge in [-0.25, -0.2) is 0 Å². The van der Waals surface area contributed by atoms with E-state index in [-0.39, 0.29) is 23.0 Å². The number of carbonyl (C=O) groups is 1. The molecule has 0 bridgehead atoms. The molecule has 0 aliphatic carbocycles. The fourth-order valence-corrected chi connectivity index (χ4v) is 3.63. The van der Waals surface area contributed by atoms with E-state index in [0.717, 1.165) is 17.1 Å². The number of hydrogen-bond acceptors (Lipinski definition) is 7. The van der Waals surface area contributed by atoms with Crippen LogP contribution in [0.4, 0.5) is 0 Å². The van der Waals surface area contributed by atoms with Crippen molar-refractivity contribution in [2.75, 3.05) is 12.9 Å². The lowest BCUT2D eigenvalue weighted by Gasteiger charge is -2.12. The van der Waals surface area contributed by atoms with Crippen LogP contribution in [-0.4, -0.2) is 43.6 Å². The molecule has 3 aromatic rings. The number of methoxy groups -OCH3 is 1. The van der Waals surface area contributed by atoms with Crippen molar-refractivity contribution in [3.05, 3.63) is 48.0 Å². The Kier molecular flexibility index (Phi) is 6.43. The molecule has 1 heterocycles. The van der Waals surface area contributed by atoms with Crippen LogP contribution in [0.5, 0.6) is 17.2 Å². The molecule has 2 N–H and O–H groups in total. The molecular formula is C21H23N3O4S. The summed E-state index contributed by atoms with van der Waals surface area (Å²) in [6.45, 7) is 4.93. The lowest BCUT2D eigenvalue weighted by Crippen LogP contribution is -2.09. The molecule has 0 unspecified atom stereocenters. The van der Waals surface area contributed by atoms with Crippen LogP contribution in [0.3, 0.4) is 0 Å². The van der Waals surface area contributed by atoms with E-state index in [1.54, 1.807) is 7.11 Å². The molecule has 0 spiro atoms. The molecule has 0 fully saturated rings. The van der Waals surface area contributed by atoms with E-state index in [4.69, 9.17) is 4.74 Å². The van der Waals surface area contributed by atoms with Crippen molar-refractivity contribution in [1.82, 2.24) is 14.8 Å². The van der Waals surface area contributed by atoms with Crippen LogP contribution in [0.2, 0.25) is 0 Å². The quantitative estimate of drug-likeness (QED) is 0.327. The first-order valence-electron chi connectivity index (χ1n) is 9.14. The third kappa shape index (κ3) is 4.89. The number of thioether (sulfide) groups is 1. The number of rotatable bonds is 8. The van der Waals surface area contributed by atoms with Crippen LogP contribution in [0, 0.1) is 5.92 Å². The molecule has 2 aromatic carbocycles. The van der Waals surface area contributed by atoms with E-state index >= 15 is 0 Å². The summed E-state index contributed by atoms with van der Waals surface area (Å²) >= 11 is 1.30. The fourth-order valence-electron chi connectivity index (χ4n) is 2.79. The summed E-state index contributed by atoms with van der Waals surface area (Å²) in [5.41, 5.74) is 1.25. The van der Waals surface area contributed by atoms with Crippen LogP contribution in [0.25, 0.3) is 11.4 Å². The minimum absolute atomic E-state index is 0.142. The molecule has 0 radical (unpaired) electrons. The van der Waals surface area contributed by atoms with Crippen molar-refractivity contribution in [3.63, 3.8) is 0 Å². The number of ether oxygens (including phenoxy) is 1. The van der Waals surface area contributed by atoms with Gasteiger partial charge in [0.2, 0.25) is 0 Å². The maximum atomic E-state index is 12.5. The smallest absolute Gasteiger partial charge is 0.191 e. The van der Waals surface area contributed by atoms with Gasteiger partial charge in [-0.05, 0) is 48.4 Å². The van der Waals surface area contributed by atoms with Crippen molar-refractivity contribution in [2.24, 2.45) is 5.92 Å². The zero-order chi connectivity index (χ0) is 21.0. The standard InChI is InChI=1S/C21H23N3O4S/c1-13(2)11-24-20(14-4-7-16(28-3)8-5-14)22-23-21(24)29-12-19(27)15-6-9-17(25)18(26)10-15/h4-10,13,25-26H,11-12H2,1-3H3. The number of benzene rings is 2. The molecule has 8 heteroatoms. The minimum Gasteiger partial charge on any atom is -0.504 e. The first kappa shape index (κ1) is 20.7. The highest BCUT2D eigenvalue weighted by Crippen LogP contribution is 2.29. The van der Waals surface area contributed by atoms with E-state index < -0.39 is 0 Å². The number of aromatic nitrogens is 3. The highest BCUT2D eigenvalue weighted by molar-refractivity contribution is 7.99. The van der Waals surface area contributed by atoms with Crippen LogP contribution in [-0.2, 0) is 6.54 Å². The van der Waals surface area contributed by atoms with E-state index in [1.807, 2.05) is 28.8 Å². The number of phenols is 2. The summed E-state index contributed by atoms with van der Waals surface area (Å²) in [5, 5.41) is 28.3. The third-order valence-electron chi connectivity index (χ3n) is 4.24. The van der Waals surface area contributed by atoms with Crippen molar-refractivity contribution >= 4 is 17.5 Å². The molecule has 3 rings (SSSR count). The van der Waals surface area contributed by atoms with Gasteiger partial charge < -0.3 is 19.5 Å². The second-order valence-electron chi connectivity index (χ2n) is 6.95. The summed E-state index contributed by atoms with van der Waals surface area (Å²) in [4.78, 5) is 12.5. The van der Waals surface area contributed by atoms with Gasteiger partial charge in [0, 0.05) is 17.7 Å². The zero-order valence-electron chi connectivity index (χ0n) is 16.5. The topological polar surface area (TPSA) is 97.5 Å². The summed E-state index contributed by atoms with van der Waals surface area (Å²) in [7, 11) is 1.62. The van der Waals surface area contributed by atoms with Gasteiger partial charge in [-0.3, -0.25) is 4.79 Å². The maximum absolute atomic E-state index is 12.5. The van der Waals surface area contributed by atoms with Crippen LogP contribution in [0.1, 0.15) is 24.2 Å². The Morgan fingerprint density at radius 1 is 1.10 bits per heavy atom. The summed E-state index contributed by atoms with van der Waals surface area (Å²) in [5.74, 6) is 1.27. The zero-order valence-corrected chi connectivity index (χ0v) is 17.3. The average molecular weight is 413 g/mol. The largest absolute Gasteiger partial charge is 0.504 e. The predicted octanol–water partition coefficient (Wildman–Crippen LogP) is 4.00. The van der Waals surface area contributed by atoms with Gasteiger partial charge in [0.25, 0.3) is 0 Å². The first-order valence-corrected chi connectivity index (χ1v) is 10.1. The Morgan fingerprint density at radius 2 is 1.83 bits per heavy atom. The molecule has 0 amide bonds. The third-order valence-corrected chi connectivity index (χ3v) is 5.21. The van der Waals surface area contributed by atoms with Crippen LogP contribution in [0.15, 0.2) is 47.6 Å². The number of hydrogen-bond donors (Lipinski definition) is 2.